The molecule has 0 N–H and O–H groups in total. The van der Waals surface area contributed by atoms with Gasteiger partial charge in [-0.05, 0) is 19.4 Å². The Kier molecular flexibility index (Phi) is 4.38. The van der Waals surface area contributed by atoms with Crippen LogP contribution >= 0.6 is 11.3 Å². The Labute approximate surface area is 143 Å². The van der Waals surface area contributed by atoms with Gasteiger partial charge in [-0.2, -0.15) is 0 Å². The van der Waals surface area contributed by atoms with Crippen molar-refractivity contribution in [2.75, 3.05) is 19.7 Å². The lowest BCUT2D eigenvalue weighted by molar-refractivity contribution is -0.385. The van der Waals surface area contributed by atoms with Crippen LogP contribution in [0.2, 0.25) is 0 Å². The number of hydrogen-bond donors (Lipinski definition) is 0. The zero-order valence-corrected chi connectivity index (χ0v) is 14.3. The third kappa shape index (κ3) is 3.05. The van der Waals surface area contributed by atoms with Crippen LogP contribution in [0.4, 0.5) is 5.69 Å². The molecule has 2 heterocycles. The van der Waals surface area contributed by atoms with E-state index in [0.29, 0.717) is 29.5 Å². The number of amides is 1. The first-order valence-corrected chi connectivity index (χ1v) is 8.46. The quantitative estimate of drug-likeness (QED) is 0.631. The van der Waals surface area contributed by atoms with E-state index in [1.165, 1.54) is 17.4 Å². The van der Waals surface area contributed by atoms with Crippen molar-refractivity contribution in [3.8, 4) is 0 Å². The minimum absolute atomic E-state index is 0.00225. The van der Waals surface area contributed by atoms with Crippen molar-refractivity contribution >= 4 is 22.9 Å². The van der Waals surface area contributed by atoms with Crippen LogP contribution in [0.5, 0.6) is 0 Å². The van der Waals surface area contributed by atoms with Crippen LogP contribution in [0.1, 0.15) is 27.0 Å². The van der Waals surface area contributed by atoms with E-state index in [0.717, 1.165) is 5.56 Å². The first kappa shape index (κ1) is 16.6. The van der Waals surface area contributed by atoms with Gasteiger partial charge in [0.2, 0.25) is 0 Å². The van der Waals surface area contributed by atoms with Crippen molar-refractivity contribution in [1.82, 2.24) is 4.90 Å². The number of hydrogen-bond acceptors (Lipinski definition) is 5. The second-order valence-corrected chi connectivity index (χ2v) is 7.24. The lowest BCUT2D eigenvalue weighted by Crippen LogP contribution is -2.50. The monoisotopic (exact) mass is 346 g/mol. The van der Waals surface area contributed by atoms with Gasteiger partial charge < -0.3 is 9.64 Å². The molecule has 126 valence electrons. The number of nitro groups is 1. The second-order valence-electron chi connectivity index (χ2n) is 5.98. The van der Waals surface area contributed by atoms with Crippen LogP contribution < -0.4 is 0 Å². The van der Waals surface area contributed by atoms with Gasteiger partial charge in [-0.25, -0.2) is 0 Å². The molecule has 0 bridgehead atoms. The predicted octanol–water partition coefficient (Wildman–Crippen LogP) is 3.35. The molecule has 1 aliphatic rings. The van der Waals surface area contributed by atoms with E-state index in [-0.39, 0.29) is 11.6 Å². The molecule has 0 aliphatic carbocycles. The Morgan fingerprint density at radius 1 is 1.38 bits per heavy atom. The molecular weight excluding hydrogens is 328 g/mol. The summed E-state index contributed by atoms with van der Waals surface area (Å²) in [6.45, 7) is 4.95. The summed E-state index contributed by atoms with van der Waals surface area (Å²) in [6, 6.07) is 11.2. The summed E-state index contributed by atoms with van der Waals surface area (Å²) >= 11 is 1.17. The van der Waals surface area contributed by atoms with Gasteiger partial charge in [-0.1, -0.05) is 30.3 Å². The average Bonchev–Trinajstić information content (AvgIpc) is 2.97. The molecule has 6 nitrogen and oxygen atoms in total. The smallest absolute Gasteiger partial charge is 0.283 e. The second kappa shape index (κ2) is 6.33. The van der Waals surface area contributed by atoms with Gasteiger partial charge in [0.1, 0.15) is 5.60 Å². The molecule has 1 amide bonds. The molecule has 1 aromatic heterocycles. The van der Waals surface area contributed by atoms with Gasteiger partial charge in [-0.15, -0.1) is 11.3 Å². The van der Waals surface area contributed by atoms with Gasteiger partial charge in [0.25, 0.3) is 11.6 Å². The average molecular weight is 346 g/mol. The number of aryl methyl sites for hydroxylation is 1. The number of ether oxygens (including phenoxy) is 1. The summed E-state index contributed by atoms with van der Waals surface area (Å²) in [6.07, 6.45) is 0. The minimum Gasteiger partial charge on any atom is -0.367 e. The van der Waals surface area contributed by atoms with E-state index in [2.05, 4.69) is 0 Å². The lowest BCUT2D eigenvalue weighted by atomic mass is 9.94. The maximum absolute atomic E-state index is 12.8. The number of thiophene rings is 1. The van der Waals surface area contributed by atoms with Crippen molar-refractivity contribution in [2.24, 2.45) is 0 Å². The Balaban J connectivity index is 1.83. The van der Waals surface area contributed by atoms with Crippen molar-refractivity contribution in [3.05, 3.63) is 61.8 Å². The molecule has 0 unspecified atom stereocenters. The largest absolute Gasteiger partial charge is 0.367 e. The SMILES string of the molecule is Cc1sc(C(=O)N2CCO[C@](C)(c3ccccc3)C2)cc1[N+](=O)[O-]. The van der Waals surface area contributed by atoms with Crippen LogP contribution in [0.15, 0.2) is 36.4 Å². The van der Waals surface area contributed by atoms with Gasteiger partial charge in [0.15, 0.2) is 0 Å². The first-order chi connectivity index (χ1) is 11.4. The van der Waals surface area contributed by atoms with Gasteiger partial charge in [0, 0.05) is 12.6 Å². The third-order valence-corrected chi connectivity index (χ3v) is 5.27. The van der Waals surface area contributed by atoms with Gasteiger partial charge in [0.05, 0.1) is 27.8 Å². The fourth-order valence-electron chi connectivity index (χ4n) is 2.92. The highest BCUT2D eigenvalue weighted by molar-refractivity contribution is 7.14. The molecular formula is C17H18N2O4S. The predicted molar refractivity (Wildman–Crippen MR) is 91.4 cm³/mol. The zero-order chi connectivity index (χ0) is 17.3. The van der Waals surface area contributed by atoms with Gasteiger partial charge >= 0.3 is 0 Å². The van der Waals surface area contributed by atoms with Crippen LogP contribution in [0, 0.1) is 17.0 Å². The topological polar surface area (TPSA) is 72.7 Å². The number of carbonyl (C=O) groups is 1. The normalized spacial score (nSPS) is 20.8. The van der Waals surface area contributed by atoms with Crippen molar-refractivity contribution in [1.29, 1.82) is 0 Å². The molecule has 3 rings (SSSR count). The number of nitrogens with zero attached hydrogens (tertiary/aromatic N) is 2. The third-order valence-electron chi connectivity index (χ3n) is 4.25. The Morgan fingerprint density at radius 3 is 2.71 bits per heavy atom. The molecule has 2 aromatic rings. The van der Waals surface area contributed by atoms with Crippen molar-refractivity contribution in [2.45, 2.75) is 19.4 Å². The Hall–Kier alpha value is -2.25. The first-order valence-electron chi connectivity index (χ1n) is 7.64. The van der Waals surface area contributed by atoms with Crippen LogP contribution in [-0.2, 0) is 10.3 Å². The summed E-state index contributed by atoms with van der Waals surface area (Å²) in [4.78, 5) is 26.0. The van der Waals surface area contributed by atoms with Crippen molar-refractivity contribution < 1.29 is 14.5 Å². The highest BCUT2D eigenvalue weighted by Crippen LogP contribution is 2.33. The standard InChI is InChI=1S/C17H18N2O4S/c1-12-14(19(21)22)10-15(24-12)16(20)18-8-9-23-17(2,11-18)13-6-4-3-5-7-13/h3-7,10H,8-9,11H2,1-2H3/t17-/m0/s1. The number of rotatable bonds is 3. The lowest BCUT2D eigenvalue weighted by Gasteiger charge is -2.40. The number of morpholine rings is 1. The number of benzene rings is 1. The van der Waals surface area contributed by atoms with Crippen LogP contribution in [-0.4, -0.2) is 35.4 Å². The minimum atomic E-state index is -0.576. The summed E-state index contributed by atoms with van der Waals surface area (Å²) in [7, 11) is 0. The van der Waals surface area contributed by atoms with Gasteiger partial charge in [-0.3, -0.25) is 14.9 Å². The molecule has 1 fully saturated rings. The molecule has 1 saturated heterocycles. The highest BCUT2D eigenvalue weighted by Gasteiger charge is 2.36. The Morgan fingerprint density at radius 2 is 2.08 bits per heavy atom. The molecule has 1 aromatic carbocycles. The van der Waals surface area contributed by atoms with E-state index in [1.807, 2.05) is 37.3 Å². The summed E-state index contributed by atoms with van der Waals surface area (Å²) < 4.78 is 5.94. The zero-order valence-electron chi connectivity index (χ0n) is 13.5. The van der Waals surface area contributed by atoms with E-state index >= 15 is 0 Å². The van der Waals surface area contributed by atoms with E-state index in [9.17, 15) is 14.9 Å². The highest BCUT2D eigenvalue weighted by atomic mass is 32.1. The molecule has 1 atom stereocenters. The van der Waals surface area contributed by atoms with Crippen LogP contribution in [0.3, 0.4) is 0 Å². The fraction of sp³-hybridized carbons (Fsp3) is 0.353. The van der Waals surface area contributed by atoms with E-state index in [1.54, 1.807) is 11.8 Å². The summed E-state index contributed by atoms with van der Waals surface area (Å²) in [5.41, 5.74) is 0.436. The molecule has 0 radical (unpaired) electrons. The number of carbonyl (C=O) groups excluding carboxylic acids is 1. The summed E-state index contributed by atoms with van der Waals surface area (Å²) in [5, 5.41) is 11.0. The molecule has 1 aliphatic heterocycles. The molecule has 0 saturated carbocycles. The molecule has 24 heavy (non-hydrogen) atoms. The maximum Gasteiger partial charge on any atom is 0.283 e. The maximum atomic E-state index is 12.8. The molecule has 7 heteroatoms. The van der Waals surface area contributed by atoms with E-state index < -0.39 is 10.5 Å². The molecule has 0 spiro atoms. The summed E-state index contributed by atoms with van der Waals surface area (Å²) in [5.74, 6) is -0.179. The van der Waals surface area contributed by atoms with E-state index in [4.69, 9.17) is 4.74 Å². The fourth-order valence-corrected chi connectivity index (χ4v) is 3.88. The van der Waals surface area contributed by atoms with Crippen LogP contribution in [0.25, 0.3) is 0 Å². The van der Waals surface area contributed by atoms with Crippen molar-refractivity contribution in [3.63, 3.8) is 0 Å². The Bertz CT molecular complexity index is 774.